The molecule has 0 radical (unpaired) electrons. The molecule has 68 valence electrons. The zero-order valence-corrected chi connectivity index (χ0v) is 8.88. The molecule has 0 amide bonds. The van der Waals surface area contributed by atoms with Crippen LogP contribution in [0.4, 0.5) is 0 Å². The minimum absolute atomic E-state index is 0.402. The minimum Gasteiger partial charge on any atom is -0.495 e. The Bertz CT molecular complexity index is 357. The van der Waals surface area contributed by atoms with Gasteiger partial charge in [0.15, 0.2) is 5.75 Å². The largest absolute Gasteiger partial charge is 0.495 e. The number of ether oxygens (including phenoxy) is 2. The van der Waals surface area contributed by atoms with Crippen LogP contribution in [-0.4, -0.2) is 14.2 Å². The summed E-state index contributed by atoms with van der Waals surface area (Å²) in [6.07, 6.45) is 0. The Kier molecular flexibility index (Phi) is 3.15. The van der Waals surface area contributed by atoms with Crippen LogP contribution in [0.15, 0.2) is 16.6 Å². The Hall–Kier alpha value is -1.21. The summed E-state index contributed by atoms with van der Waals surface area (Å²) in [5.41, 5.74) is 0.402. The maximum Gasteiger partial charge on any atom is 0.154 e. The first kappa shape index (κ1) is 9.87. The fraction of sp³-hybridized carbons (Fsp3) is 0.222. The summed E-state index contributed by atoms with van der Waals surface area (Å²) < 4.78 is 10.8. The molecule has 0 bridgehead atoms. The first-order chi connectivity index (χ1) is 6.24. The number of hydrogen-bond donors (Lipinski definition) is 0. The van der Waals surface area contributed by atoms with E-state index in [1.165, 1.54) is 14.2 Å². The van der Waals surface area contributed by atoms with Gasteiger partial charge in [0.2, 0.25) is 0 Å². The van der Waals surface area contributed by atoms with E-state index in [4.69, 9.17) is 14.7 Å². The first-order valence-electron chi connectivity index (χ1n) is 3.55. The molecular formula is C9H8BrNO2. The van der Waals surface area contributed by atoms with Gasteiger partial charge < -0.3 is 9.47 Å². The predicted octanol–water partition coefficient (Wildman–Crippen LogP) is 2.34. The van der Waals surface area contributed by atoms with E-state index in [1.807, 2.05) is 6.07 Å². The third-order valence-corrected chi connectivity index (χ3v) is 2.23. The second-order valence-electron chi connectivity index (χ2n) is 2.27. The molecule has 0 aliphatic carbocycles. The number of rotatable bonds is 2. The number of benzene rings is 1. The zero-order chi connectivity index (χ0) is 9.84. The van der Waals surface area contributed by atoms with E-state index < -0.39 is 0 Å². The van der Waals surface area contributed by atoms with Gasteiger partial charge in [-0.2, -0.15) is 5.26 Å². The molecule has 0 saturated heterocycles. The van der Waals surface area contributed by atoms with Crippen molar-refractivity contribution >= 4 is 15.9 Å². The summed E-state index contributed by atoms with van der Waals surface area (Å²) in [4.78, 5) is 0. The van der Waals surface area contributed by atoms with Gasteiger partial charge in [0.05, 0.1) is 18.7 Å². The summed E-state index contributed by atoms with van der Waals surface area (Å²) in [5.74, 6) is 1.02. The highest BCUT2D eigenvalue weighted by Crippen LogP contribution is 2.34. The summed E-state index contributed by atoms with van der Waals surface area (Å²) in [5, 5.41) is 8.86. The van der Waals surface area contributed by atoms with Gasteiger partial charge in [-0.25, -0.2) is 0 Å². The molecular weight excluding hydrogens is 234 g/mol. The highest BCUT2D eigenvalue weighted by molar-refractivity contribution is 9.10. The van der Waals surface area contributed by atoms with Crippen molar-refractivity contribution in [2.45, 2.75) is 0 Å². The van der Waals surface area contributed by atoms with Gasteiger partial charge in [0.1, 0.15) is 17.4 Å². The Labute approximate surface area is 85.0 Å². The molecule has 0 fully saturated rings. The first-order valence-corrected chi connectivity index (χ1v) is 4.34. The smallest absolute Gasteiger partial charge is 0.154 e. The Morgan fingerprint density at radius 1 is 1.31 bits per heavy atom. The van der Waals surface area contributed by atoms with Gasteiger partial charge in [-0.15, -0.1) is 0 Å². The highest BCUT2D eigenvalue weighted by atomic mass is 79.9. The SMILES string of the molecule is COc1ccc(Br)c(OC)c1C#N. The van der Waals surface area contributed by atoms with Gasteiger partial charge in [0, 0.05) is 0 Å². The maximum absolute atomic E-state index is 8.86. The van der Waals surface area contributed by atoms with Crippen LogP contribution in [0.3, 0.4) is 0 Å². The van der Waals surface area contributed by atoms with Crippen molar-refractivity contribution in [3.8, 4) is 17.6 Å². The van der Waals surface area contributed by atoms with Crippen LogP contribution in [0.1, 0.15) is 5.56 Å². The van der Waals surface area contributed by atoms with Crippen molar-refractivity contribution in [1.29, 1.82) is 5.26 Å². The van der Waals surface area contributed by atoms with Crippen LogP contribution in [0.2, 0.25) is 0 Å². The molecule has 1 aromatic carbocycles. The second-order valence-corrected chi connectivity index (χ2v) is 3.12. The summed E-state index contributed by atoms with van der Waals surface area (Å²) in [6.45, 7) is 0. The Balaban J connectivity index is 3.39. The van der Waals surface area contributed by atoms with Crippen LogP contribution in [0.25, 0.3) is 0 Å². The van der Waals surface area contributed by atoms with E-state index >= 15 is 0 Å². The van der Waals surface area contributed by atoms with Crippen LogP contribution in [0, 0.1) is 11.3 Å². The number of hydrogen-bond acceptors (Lipinski definition) is 3. The zero-order valence-electron chi connectivity index (χ0n) is 7.30. The third-order valence-electron chi connectivity index (χ3n) is 1.61. The lowest BCUT2D eigenvalue weighted by molar-refractivity contribution is 0.390. The van der Waals surface area contributed by atoms with Crippen LogP contribution in [-0.2, 0) is 0 Å². The second kappa shape index (κ2) is 4.15. The fourth-order valence-corrected chi connectivity index (χ4v) is 1.51. The molecule has 13 heavy (non-hydrogen) atoms. The third kappa shape index (κ3) is 1.76. The summed E-state index contributed by atoms with van der Waals surface area (Å²) in [7, 11) is 3.03. The van der Waals surface area contributed by atoms with E-state index in [0.717, 1.165) is 4.47 Å². The van der Waals surface area contributed by atoms with Crippen molar-refractivity contribution in [2.75, 3.05) is 14.2 Å². The molecule has 0 N–H and O–H groups in total. The van der Waals surface area contributed by atoms with Gasteiger partial charge in [-0.3, -0.25) is 0 Å². The van der Waals surface area contributed by atoms with Crippen molar-refractivity contribution in [2.24, 2.45) is 0 Å². The Morgan fingerprint density at radius 3 is 2.46 bits per heavy atom. The molecule has 1 rings (SSSR count). The lowest BCUT2D eigenvalue weighted by Crippen LogP contribution is -1.93. The van der Waals surface area contributed by atoms with E-state index in [0.29, 0.717) is 17.1 Å². The summed E-state index contributed by atoms with van der Waals surface area (Å²) in [6, 6.07) is 5.52. The topological polar surface area (TPSA) is 42.2 Å². The molecule has 0 aliphatic heterocycles. The quantitative estimate of drug-likeness (QED) is 0.799. The highest BCUT2D eigenvalue weighted by Gasteiger charge is 2.12. The minimum atomic E-state index is 0.402. The van der Waals surface area contributed by atoms with Crippen molar-refractivity contribution < 1.29 is 9.47 Å². The van der Waals surface area contributed by atoms with Gasteiger partial charge in [0.25, 0.3) is 0 Å². The van der Waals surface area contributed by atoms with E-state index in [-0.39, 0.29) is 0 Å². The van der Waals surface area contributed by atoms with E-state index in [2.05, 4.69) is 15.9 Å². The average molecular weight is 242 g/mol. The molecule has 1 aromatic rings. The molecule has 3 nitrogen and oxygen atoms in total. The number of nitrogens with zero attached hydrogens (tertiary/aromatic N) is 1. The van der Waals surface area contributed by atoms with Crippen LogP contribution in [0.5, 0.6) is 11.5 Å². The normalized spacial score (nSPS) is 9.08. The fourth-order valence-electron chi connectivity index (χ4n) is 1.01. The molecule has 0 heterocycles. The average Bonchev–Trinajstić information content (AvgIpc) is 2.17. The van der Waals surface area contributed by atoms with Crippen LogP contribution >= 0.6 is 15.9 Å². The monoisotopic (exact) mass is 241 g/mol. The van der Waals surface area contributed by atoms with E-state index in [9.17, 15) is 0 Å². The van der Waals surface area contributed by atoms with Crippen molar-refractivity contribution in [1.82, 2.24) is 0 Å². The summed E-state index contributed by atoms with van der Waals surface area (Å²) >= 11 is 3.28. The van der Waals surface area contributed by atoms with Crippen molar-refractivity contribution in [3.05, 3.63) is 22.2 Å². The molecule has 0 spiro atoms. The van der Waals surface area contributed by atoms with Crippen LogP contribution < -0.4 is 9.47 Å². The number of methoxy groups -OCH3 is 2. The van der Waals surface area contributed by atoms with Gasteiger partial charge >= 0.3 is 0 Å². The van der Waals surface area contributed by atoms with Crippen molar-refractivity contribution in [3.63, 3.8) is 0 Å². The molecule has 0 aliphatic rings. The predicted molar refractivity (Wildman–Crippen MR) is 52.0 cm³/mol. The molecule has 4 heteroatoms. The molecule has 0 unspecified atom stereocenters. The standard InChI is InChI=1S/C9H8BrNO2/c1-12-8-4-3-7(10)9(13-2)6(8)5-11/h3-4H,1-2H3. The number of nitriles is 1. The maximum atomic E-state index is 8.86. The van der Waals surface area contributed by atoms with Gasteiger partial charge in [-0.1, -0.05) is 0 Å². The van der Waals surface area contributed by atoms with Gasteiger partial charge in [-0.05, 0) is 28.1 Å². The van der Waals surface area contributed by atoms with E-state index in [1.54, 1.807) is 12.1 Å². The molecule has 0 saturated carbocycles. The Morgan fingerprint density at radius 2 is 2.00 bits per heavy atom. The number of halogens is 1. The lowest BCUT2D eigenvalue weighted by Gasteiger charge is -2.08. The lowest BCUT2D eigenvalue weighted by atomic mass is 10.2. The molecule has 0 atom stereocenters. The molecule has 0 aromatic heterocycles.